The molecule has 1 heterocycles. The summed E-state index contributed by atoms with van der Waals surface area (Å²) >= 11 is 1.63. The normalized spacial score (nSPS) is 10.4. The molecule has 1 N–H and O–H groups in total. The fourth-order valence-electron chi connectivity index (χ4n) is 1.35. The van der Waals surface area contributed by atoms with Crippen LogP contribution in [-0.2, 0) is 6.42 Å². The van der Waals surface area contributed by atoms with Crippen molar-refractivity contribution in [3.05, 3.63) is 47.8 Å². The minimum Gasteiger partial charge on any atom is -0.337 e. The highest BCUT2D eigenvalue weighted by Crippen LogP contribution is 2.12. The molecule has 2 rings (SSSR count). The van der Waals surface area contributed by atoms with Crippen LogP contribution in [0.15, 0.2) is 41.7 Å². The van der Waals surface area contributed by atoms with Crippen LogP contribution >= 0.6 is 11.8 Å². The summed E-state index contributed by atoms with van der Waals surface area (Å²) in [6.45, 7) is 0. The molecule has 0 aliphatic carbocycles. The molecule has 0 atom stereocenters. The first-order chi connectivity index (χ1) is 6.88. The van der Waals surface area contributed by atoms with Crippen molar-refractivity contribution in [2.75, 3.05) is 6.26 Å². The maximum atomic E-state index is 4.24. The third kappa shape index (κ3) is 2.17. The Morgan fingerprint density at radius 3 is 2.71 bits per heavy atom. The van der Waals surface area contributed by atoms with Crippen LogP contribution in [0.5, 0.6) is 0 Å². The van der Waals surface area contributed by atoms with Gasteiger partial charge in [0.15, 0.2) is 5.16 Å². The van der Waals surface area contributed by atoms with Crippen molar-refractivity contribution in [2.45, 2.75) is 11.6 Å². The van der Waals surface area contributed by atoms with Gasteiger partial charge < -0.3 is 4.98 Å². The number of hydrogen-bond acceptors (Lipinski definition) is 2. The Kier molecular flexibility index (Phi) is 2.89. The summed E-state index contributed by atoms with van der Waals surface area (Å²) in [6.07, 6.45) is 4.85. The number of nitrogens with zero attached hydrogens (tertiary/aromatic N) is 1. The molecule has 2 nitrogen and oxygen atoms in total. The molecule has 0 spiro atoms. The predicted molar refractivity (Wildman–Crippen MR) is 59.6 cm³/mol. The van der Waals surface area contributed by atoms with E-state index in [1.54, 1.807) is 11.8 Å². The zero-order valence-electron chi connectivity index (χ0n) is 8.03. The van der Waals surface area contributed by atoms with E-state index in [2.05, 4.69) is 34.2 Å². The van der Waals surface area contributed by atoms with Crippen molar-refractivity contribution in [3.63, 3.8) is 0 Å². The number of nitrogens with one attached hydrogen (secondary N) is 1. The summed E-state index contributed by atoms with van der Waals surface area (Å²) in [4.78, 5) is 7.50. The van der Waals surface area contributed by atoms with Gasteiger partial charge in [0.25, 0.3) is 0 Å². The van der Waals surface area contributed by atoms with Crippen LogP contribution in [0.1, 0.15) is 11.3 Å². The number of H-pyrrole nitrogens is 1. The summed E-state index contributed by atoms with van der Waals surface area (Å²) in [5.74, 6) is 0. The van der Waals surface area contributed by atoms with Crippen molar-refractivity contribution < 1.29 is 0 Å². The Labute approximate surface area is 87.8 Å². The van der Waals surface area contributed by atoms with Crippen LogP contribution < -0.4 is 0 Å². The topological polar surface area (TPSA) is 28.7 Å². The van der Waals surface area contributed by atoms with E-state index in [0.29, 0.717) is 0 Å². The number of hydrogen-bond donors (Lipinski definition) is 1. The summed E-state index contributed by atoms with van der Waals surface area (Å²) in [6, 6.07) is 10.4. The average Bonchev–Trinajstić information content (AvgIpc) is 2.67. The van der Waals surface area contributed by atoms with Crippen LogP contribution in [0.3, 0.4) is 0 Å². The molecule has 0 amide bonds. The van der Waals surface area contributed by atoms with Crippen molar-refractivity contribution in [2.24, 2.45) is 0 Å². The van der Waals surface area contributed by atoms with Crippen molar-refractivity contribution in [3.8, 4) is 0 Å². The molecule has 0 bridgehead atoms. The molecule has 1 aromatic heterocycles. The van der Waals surface area contributed by atoms with Gasteiger partial charge in [-0.2, -0.15) is 0 Å². The van der Waals surface area contributed by atoms with Crippen LogP contribution in [0.25, 0.3) is 0 Å². The maximum absolute atomic E-state index is 4.24. The number of imidazole rings is 1. The zero-order valence-corrected chi connectivity index (χ0v) is 8.84. The second-order valence-corrected chi connectivity index (χ2v) is 3.88. The lowest BCUT2D eigenvalue weighted by Crippen LogP contribution is -1.87. The van der Waals surface area contributed by atoms with E-state index in [1.165, 1.54) is 11.3 Å². The quantitative estimate of drug-likeness (QED) is 0.779. The Bertz CT molecular complexity index is 395. The van der Waals surface area contributed by atoms with Gasteiger partial charge >= 0.3 is 0 Å². The first-order valence-electron chi connectivity index (χ1n) is 4.50. The molecule has 0 aliphatic heterocycles. The summed E-state index contributed by atoms with van der Waals surface area (Å²) in [5, 5.41) is 0.982. The number of aromatic nitrogens is 2. The Morgan fingerprint density at radius 1 is 1.29 bits per heavy atom. The molecule has 0 saturated heterocycles. The van der Waals surface area contributed by atoms with E-state index in [0.717, 1.165) is 11.6 Å². The van der Waals surface area contributed by atoms with Gasteiger partial charge in [-0.3, -0.25) is 0 Å². The molecule has 72 valence electrons. The molecule has 14 heavy (non-hydrogen) atoms. The van der Waals surface area contributed by atoms with E-state index in [9.17, 15) is 0 Å². The monoisotopic (exact) mass is 204 g/mol. The first-order valence-corrected chi connectivity index (χ1v) is 5.73. The van der Waals surface area contributed by atoms with Gasteiger partial charge in [0, 0.05) is 18.3 Å². The lowest BCUT2D eigenvalue weighted by atomic mass is 10.1. The van der Waals surface area contributed by atoms with Crippen molar-refractivity contribution in [1.29, 1.82) is 0 Å². The van der Waals surface area contributed by atoms with Gasteiger partial charge in [0.05, 0.1) is 0 Å². The lowest BCUT2D eigenvalue weighted by Gasteiger charge is -1.96. The van der Waals surface area contributed by atoms with Gasteiger partial charge in [-0.1, -0.05) is 42.1 Å². The average molecular weight is 204 g/mol. The van der Waals surface area contributed by atoms with Gasteiger partial charge in [0.2, 0.25) is 0 Å². The van der Waals surface area contributed by atoms with Crippen molar-refractivity contribution in [1.82, 2.24) is 9.97 Å². The maximum Gasteiger partial charge on any atom is 0.165 e. The van der Waals surface area contributed by atoms with Gasteiger partial charge in [0.1, 0.15) is 0 Å². The molecule has 0 aliphatic rings. The van der Waals surface area contributed by atoms with Gasteiger partial charge in [-0.25, -0.2) is 4.98 Å². The largest absolute Gasteiger partial charge is 0.337 e. The second-order valence-electron chi connectivity index (χ2n) is 3.08. The molecule has 0 fully saturated rings. The molecular weight excluding hydrogens is 192 g/mol. The molecule has 0 saturated carbocycles. The molecular formula is C11H12N2S. The van der Waals surface area contributed by atoms with Crippen LogP contribution in [0.4, 0.5) is 0 Å². The number of aromatic amines is 1. The molecule has 2 aromatic rings. The fraction of sp³-hybridized carbons (Fsp3) is 0.182. The van der Waals surface area contributed by atoms with E-state index in [4.69, 9.17) is 0 Å². The lowest BCUT2D eigenvalue weighted by molar-refractivity contribution is 1.01. The Hall–Kier alpha value is -1.22. The highest BCUT2D eigenvalue weighted by molar-refractivity contribution is 7.98. The summed E-state index contributed by atoms with van der Waals surface area (Å²) < 4.78 is 0. The van der Waals surface area contributed by atoms with E-state index in [-0.39, 0.29) is 0 Å². The SMILES string of the molecule is CSc1ncc(Cc2ccccc2)[nH]1. The Balaban J connectivity index is 2.11. The number of rotatable bonds is 3. The van der Waals surface area contributed by atoms with Gasteiger partial charge in [-0.15, -0.1) is 0 Å². The van der Waals surface area contributed by atoms with Crippen molar-refractivity contribution >= 4 is 11.8 Å². The molecule has 1 aromatic carbocycles. The Morgan fingerprint density at radius 2 is 2.07 bits per heavy atom. The standard InChI is InChI=1S/C11H12N2S/c1-14-11-12-8-10(13-11)7-9-5-3-2-4-6-9/h2-6,8H,7H2,1H3,(H,12,13). The molecule has 3 heteroatoms. The zero-order chi connectivity index (χ0) is 9.80. The third-order valence-electron chi connectivity index (χ3n) is 2.04. The minimum atomic E-state index is 0.925. The van der Waals surface area contributed by atoms with Gasteiger partial charge in [-0.05, 0) is 11.8 Å². The highest BCUT2D eigenvalue weighted by Gasteiger charge is 1.99. The first kappa shape index (κ1) is 9.34. The van der Waals surface area contributed by atoms with E-state index >= 15 is 0 Å². The smallest absolute Gasteiger partial charge is 0.165 e. The summed E-state index contributed by atoms with van der Waals surface area (Å²) in [5.41, 5.74) is 2.48. The predicted octanol–water partition coefficient (Wildman–Crippen LogP) is 2.72. The minimum absolute atomic E-state index is 0.925. The van der Waals surface area contributed by atoms with Crippen LogP contribution in [0.2, 0.25) is 0 Å². The van der Waals surface area contributed by atoms with E-state index in [1.807, 2.05) is 18.5 Å². The van der Waals surface area contributed by atoms with Crippen LogP contribution in [-0.4, -0.2) is 16.2 Å². The molecule has 0 radical (unpaired) electrons. The summed E-state index contributed by atoms with van der Waals surface area (Å²) in [7, 11) is 0. The number of benzene rings is 1. The number of thioether (sulfide) groups is 1. The molecule has 0 unspecified atom stereocenters. The van der Waals surface area contributed by atoms with E-state index < -0.39 is 0 Å². The fourth-order valence-corrected chi connectivity index (χ4v) is 1.74. The third-order valence-corrected chi connectivity index (χ3v) is 2.63. The second kappa shape index (κ2) is 4.33. The highest BCUT2D eigenvalue weighted by atomic mass is 32.2. The van der Waals surface area contributed by atoms with Crippen LogP contribution in [0, 0.1) is 0 Å².